The van der Waals surface area contributed by atoms with Gasteiger partial charge in [0.2, 0.25) is 5.91 Å². The van der Waals surface area contributed by atoms with Crippen molar-refractivity contribution >= 4 is 0 Å². The molecule has 1 atom stereocenters. The fraction of sp³-hybridized carbons (Fsp3) is 1.00. The Morgan fingerprint density at radius 3 is 2.50 bits per heavy atom. The Kier molecular flexibility index (Phi) is 3.46. The van der Waals surface area contributed by atoms with Crippen LogP contribution in [0, 0.1) is 0 Å². The summed E-state index contributed by atoms with van der Waals surface area (Å²) in [4.78, 5) is 1.90. The predicted molar refractivity (Wildman–Crippen MR) is 44.6 cm³/mol. The predicted octanol–water partition coefficient (Wildman–Crippen LogP) is 0.0211. The van der Waals surface area contributed by atoms with Crippen LogP contribution in [0.5, 0.6) is 0 Å². The average Bonchev–Trinajstić information content (AvgIpc) is 2.18. The molecule has 0 aromatic carbocycles. The van der Waals surface area contributed by atoms with Crippen molar-refractivity contribution in [2.45, 2.75) is 19.3 Å². The minimum atomic E-state index is -1.09. The molecule has 0 spiro atoms. The van der Waals surface area contributed by atoms with Gasteiger partial charge in [0.1, 0.15) is 0 Å². The van der Waals surface area contributed by atoms with Gasteiger partial charge in [0, 0.05) is 26.6 Å². The van der Waals surface area contributed by atoms with Gasteiger partial charge in [0.25, 0.3) is 0 Å². The number of rotatable bonds is 3. The molecule has 0 saturated carbocycles. The molecule has 1 rings (SSSR count). The summed E-state index contributed by atoms with van der Waals surface area (Å²) in [5.74, 6) is -1.09. The highest BCUT2D eigenvalue weighted by molar-refractivity contribution is 4.71. The van der Waals surface area contributed by atoms with E-state index in [-0.39, 0.29) is 0 Å². The van der Waals surface area contributed by atoms with Crippen LogP contribution in [0.1, 0.15) is 13.3 Å². The van der Waals surface area contributed by atoms with E-state index >= 15 is 0 Å². The van der Waals surface area contributed by atoms with E-state index in [2.05, 4.69) is 0 Å². The van der Waals surface area contributed by atoms with Gasteiger partial charge in [-0.3, -0.25) is 0 Å². The lowest BCUT2D eigenvalue weighted by Gasteiger charge is -2.39. The van der Waals surface area contributed by atoms with Gasteiger partial charge < -0.3 is 14.6 Å². The topological polar surface area (TPSA) is 41.9 Å². The first-order chi connectivity index (χ1) is 5.73. The third kappa shape index (κ3) is 1.95. The minimum absolute atomic E-state index is 0.573. The van der Waals surface area contributed by atoms with E-state index < -0.39 is 5.91 Å². The zero-order valence-corrected chi connectivity index (χ0v) is 7.75. The van der Waals surface area contributed by atoms with E-state index in [0.717, 1.165) is 13.1 Å². The van der Waals surface area contributed by atoms with Crippen molar-refractivity contribution in [3.63, 3.8) is 0 Å². The quantitative estimate of drug-likeness (QED) is 0.614. The number of aliphatic hydroxyl groups is 1. The normalized spacial score (nSPS) is 25.2. The zero-order chi connectivity index (χ0) is 9.03. The Hall–Kier alpha value is -0.160. The zero-order valence-electron chi connectivity index (χ0n) is 7.75. The van der Waals surface area contributed by atoms with Crippen molar-refractivity contribution in [2.24, 2.45) is 0 Å². The second-order valence-corrected chi connectivity index (χ2v) is 2.90. The Morgan fingerprint density at radius 1 is 1.50 bits per heavy atom. The first kappa shape index (κ1) is 9.92. The number of nitrogens with zero attached hydrogens (tertiary/aromatic N) is 1. The van der Waals surface area contributed by atoms with Gasteiger partial charge in [0.15, 0.2) is 0 Å². The summed E-state index contributed by atoms with van der Waals surface area (Å²) < 4.78 is 10.2. The lowest BCUT2D eigenvalue weighted by atomic mass is 10.3. The van der Waals surface area contributed by atoms with Crippen molar-refractivity contribution in [2.75, 3.05) is 33.4 Å². The number of morpholine rings is 1. The van der Waals surface area contributed by atoms with Crippen LogP contribution in [-0.4, -0.2) is 49.3 Å². The molecule has 1 N–H and O–H groups in total. The molecule has 12 heavy (non-hydrogen) atoms. The molecular formula is C8H17NO3. The van der Waals surface area contributed by atoms with Gasteiger partial charge in [-0.1, -0.05) is 6.92 Å². The van der Waals surface area contributed by atoms with Crippen LogP contribution in [0.2, 0.25) is 0 Å². The summed E-state index contributed by atoms with van der Waals surface area (Å²) in [6.07, 6.45) is 0.573. The number of methoxy groups -OCH3 is 1. The third-order valence-corrected chi connectivity index (χ3v) is 2.29. The maximum Gasteiger partial charge on any atom is 0.227 e. The molecule has 1 unspecified atom stereocenters. The SMILES string of the molecule is CCC(O)(OC)N1CCOCC1. The first-order valence-electron chi connectivity index (χ1n) is 4.33. The number of hydrogen-bond acceptors (Lipinski definition) is 4. The lowest BCUT2D eigenvalue weighted by molar-refractivity contribution is -0.292. The minimum Gasteiger partial charge on any atom is -0.379 e. The van der Waals surface area contributed by atoms with Crippen LogP contribution < -0.4 is 0 Å². The van der Waals surface area contributed by atoms with Crippen LogP contribution in [0.3, 0.4) is 0 Å². The molecule has 4 heteroatoms. The van der Waals surface area contributed by atoms with Crippen LogP contribution in [0.25, 0.3) is 0 Å². The van der Waals surface area contributed by atoms with E-state index in [1.54, 1.807) is 0 Å². The van der Waals surface area contributed by atoms with E-state index in [9.17, 15) is 5.11 Å². The van der Waals surface area contributed by atoms with Crippen molar-refractivity contribution in [1.29, 1.82) is 0 Å². The summed E-state index contributed by atoms with van der Waals surface area (Å²) in [6, 6.07) is 0. The average molecular weight is 175 g/mol. The smallest absolute Gasteiger partial charge is 0.227 e. The summed E-state index contributed by atoms with van der Waals surface area (Å²) in [5.41, 5.74) is 0. The molecule has 0 aromatic heterocycles. The molecule has 0 aromatic rings. The van der Waals surface area contributed by atoms with Crippen LogP contribution in [-0.2, 0) is 9.47 Å². The summed E-state index contributed by atoms with van der Waals surface area (Å²) in [5, 5.41) is 9.90. The summed E-state index contributed by atoms with van der Waals surface area (Å²) in [7, 11) is 1.53. The molecule has 72 valence electrons. The van der Waals surface area contributed by atoms with Gasteiger partial charge in [-0.15, -0.1) is 0 Å². The summed E-state index contributed by atoms with van der Waals surface area (Å²) in [6.45, 7) is 4.71. The van der Waals surface area contributed by atoms with Gasteiger partial charge in [-0.25, -0.2) is 4.90 Å². The molecule has 0 aliphatic carbocycles. The largest absolute Gasteiger partial charge is 0.379 e. The third-order valence-electron chi connectivity index (χ3n) is 2.29. The highest BCUT2D eigenvalue weighted by Crippen LogP contribution is 2.18. The van der Waals surface area contributed by atoms with Crippen molar-refractivity contribution in [3.8, 4) is 0 Å². The Balaban J connectivity index is 2.51. The van der Waals surface area contributed by atoms with Gasteiger partial charge in [-0.2, -0.15) is 0 Å². The fourth-order valence-electron chi connectivity index (χ4n) is 1.41. The van der Waals surface area contributed by atoms with Crippen molar-refractivity contribution in [3.05, 3.63) is 0 Å². The van der Waals surface area contributed by atoms with Gasteiger partial charge >= 0.3 is 0 Å². The van der Waals surface area contributed by atoms with Gasteiger partial charge in [-0.05, 0) is 0 Å². The Morgan fingerprint density at radius 2 is 2.08 bits per heavy atom. The first-order valence-corrected chi connectivity index (χ1v) is 4.33. The lowest BCUT2D eigenvalue weighted by Crippen LogP contribution is -2.54. The fourth-order valence-corrected chi connectivity index (χ4v) is 1.41. The van der Waals surface area contributed by atoms with E-state index in [1.165, 1.54) is 7.11 Å². The molecule has 1 fully saturated rings. The molecular weight excluding hydrogens is 158 g/mol. The molecule has 1 aliphatic rings. The molecule has 1 heterocycles. The maximum atomic E-state index is 9.90. The Labute approximate surface area is 73.1 Å². The van der Waals surface area contributed by atoms with Crippen LogP contribution in [0.15, 0.2) is 0 Å². The van der Waals surface area contributed by atoms with Crippen molar-refractivity contribution < 1.29 is 14.6 Å². The second-order valence-electron chi connectivity index (χ2n) is 2.90. The van der Waals surface area contributed by atoms with E-state index in [4.69, 9.17) is 9.47 Å². The molecule has 1 saturated heterocycles. The highest BCUT2D eigenvalue weighted by Gasteiger charge is 2.33. The molecule has 0 amide bonds. The molecule has 1 aliphatic heterocycles. The standard InChI is InChI=1S/C8H17NO3/c1-3-8(10,11-2)9-4-6-12-7-5-9/h10H,3-7H2,1-2H3. The Bertz CT molecular complexity index is 130. The molecule has 0 bridgehead atoms. The van der Waals surface area contributed by atoms with Crippen LogP contribution in [0.4, 0.5) is 0 Å². The van der Waals surface area contributed by atoms with Gasteiger partial charge in [0.05, 0.1) is 13.2 Å². The monoisotopic (exact) mass is 175 g/mol. The molecule has 0 radical (unpaired) electrons. The second kappa shape index (κ2) is 4.18. The maximum absolute atomic E-state index is 9.90. The van der Waals surface area contributed by atoms with Crippen LogP contribution >= 0.6 is 0 Å². The number of hydrogen-bond donors (Lipinski definition) is 1. The summed E-state index contributed by atoms with van der Waals surface area (Å²) >= 11 is 0. The van der Waals surface area contributed by atoms with E-state index in [1.807, 2.05) is 11.8 Å². The number of ether oxygens (including phenoxy) is 2. The van der Waals surface area contributed by atoms with E-state index in [0.29, 0.717) is 19.6 Å². The molecule has 4 nitrogen and oxygen atoms in total. The highest BCUT2D eigenvalue weighted by atomic mass is 16.6. The van der Waals surface area contributed by atoms with Crippen molar-refractivity contribution in [1.82, 2.24) is 4.90 Å².